The van der Waals surface area contributed by atoms with E-state index in [2.05, 4.69) is 215 Å². The number of aromatic nitrogens is 5. The minimum Gasteiger partial charge on any atom is -0.456 e. The van der Waals surface area contributed by atoms with E-state index in [1.54, 1.807) is 0 Å². The molecule has 6 heteroatoms. The van der Waals surface area contributed by atoms with Gasteiger partial charge in [-0.1, -0.05) is 176 Å². The Morgan fingerprint density at radius 2 is 0.725 bits per heavy atom. The van der Waals surface area contributed by atoms with Gasteiger partial charge in [0.15, 0.2) is 17.5 Å². The van der Waals surface area contributed by atoms with Gasteiger partial charge < -0.3 is 13.6 Å². The van der Waals surface area contributed by atoms with Crippen molar-refractivity contribution in [3.63, 3.8) is 0 Å². The molecule has 6 nitrogen and oxygen atoms in total. The first-order chi connectivity index (χ1) is 34.2. The first-order valence-corrected chi connectivity index (χ1v) is 23.3. The van der Waals surface area contributed by atoms with Crippen LogP contribution in [0.5, 0.6) is 0 Å². The quantitative estimate of drug-likeness (QED) is 0.160. The summed E-state index contributed by atoms with van der Waals surface area (Å²) in [6, 6.07) is 83.5. The fourth-order valence-corrected chi connectivity index (χ4v) is 10.4. The molecule has 14 rings (SSSR count). The molecule has 0 saturated carbocycles. The van der Waals surface area contributed by atoms with E-state index < -0.39 is 0 Å². The third-order valence-electron chi connectivity index (χ3n) is 13.6. The maximum absolute atomic E-state index is 6.23. The minimum absolute atomic E-state index is 0.604. The van der Waals surface area contributed by atoms with Gasteiger partial charge in [-0.15, -0.1) is 0 Å². The van der Waals surface area contributed by atoms with Crippen molar-refractivity contribution in [2.75, 3.05) is 0 Å². The van der Waals surface area contributed by atoms with Crippen LogP contribution in [0.2, 0.25) is 0 Å². The second kappa shape index (κ2) is 15.6. The predicted octanol–water partition coefficient (Wildman–Crippen LogP) is 16.3. The van der Waals surface area contributed by atoms with Crippen LogP contribution in [0.15, 0.2) is 241 Å². The number of benzene rings is 10. The Bertz CT molecular complexity index is 4210. The van der Waals surface area contributed by atoms with E-state index in [4.69, 9.17) is 19.4 Å². The van der Waals surface area contributed by atoms with Crippen LogP contribution in [0.1, 0.15) is 0 Å². The van der Waals surface area contributed by atoms with E-state index >= 15 is 0 Å². The summed E-state index contributed by atoms with van der Waals surface area (Å²) in [6.45, 7) is 0. The Morgan fingerprint density at radius 1 is 0.275 bits per heavy atom. The van der Waals surface area contributed by atoms with E-state index in [0.717, 1.165) is 94.3 Å². The molecular weight excluding hydrogens is 843 g/mol. The summed E-state index contributed by atoms with van der Waals surface area (Å²) < 4.78 is 11.0. The lowest BCUT2D eigenvalue weighted by molar-refractivity contribution is 0.669. The van der Waals surface area contributed by atoms with E-state index in [9.17, 15) is 0 Å². The molecule has 4 aromatic heterocycles. The maximum atomic E-state index is 6.23. The van der Waals surface area contributed by atoms with Crippen LogP contribution in [0.4, 0.5) is 0 Å². The normalized spacial score (nSPS) is 11.8. The highest BCUT2D eigenvalue weighted by Gasteiger charge is 2.20. The number of hydrogen-bond acceptors (Lipinski definition) is 4. The third kappa shape index (κ3) is 6.38. The third-order valence-corrected chi connectivity index (χ3v) is 13.6. The van der Waals surface area contributed by atoms with Crippen molar-refractivity contribution in [3.05, 3.63) is 237 Å². The number of furan rings is 1. The van der Waals surface area contributed by atoms with Crippen molar-refractivity contribution in [1.29, 1.82) is 0 Å². The van der Waals surface area contributed by atoms with E-state index in [1.165, 1.54) is 21.5 Å². The van der Waals surface area contributed by atoms with Crippen LogP contribution >= 0.6 is 0 Å². The van der Waals surface area contributed by atoms with Gasteiger partial charge in [0.05, 0.1) is 27.8 Å². The number of fused-ring (bicyclic) bond motifs is 9. The molecule has 0 unspecified atom stereocenters. The fourth-order valence-electron chi connectivity index (χ4n) is 10.4. The summed E-state index contributed by atoms with van der Waals surface area (Å²) in [6.07, 6.45) is 0. The van der Waals surface area contributed by atoms with Crippen molar-refractivity contribution in [2.24, 2.45) is 0 Å². The summed E-state index contributed by atoms with van der Waals surface area (Å²) in [7, 11) is 0. The Hall–Kier alpha value is -9.39. The summed E-state index contributed by atoms with van der Waals surface area (Å²) in [5.74, 6) is 1.83. The molecule has 0 radical (unpaired) electrons. The molecule has 0 aliphatic carbocycles. The summed E-state index contributed by atoms with van der Waals surface area (Å²) in [4.78, 5) is 15.5. The van der Waals surface area contributed by atoms with Gasteiger partial charge in [0.1, 0.15) is 11.2 Å². The van der Waals surface area contributed by atoms with Gasteiger partial charge >= 0.3 is 0 Å². The highest BCUT2D eigenvalue weighted by Crippen LogP contribution is 2.41. The smallest absolute Gasteiger partial charge is 0.164 e. The number of hydrogen-bond donors (Lipinski definition) is 0. The van der Waals surface area contributed by atoms with Crippen molar-refractivity contribution < 1.29 is 4.42 Å². The lowest BCUT2D eigenvalue weighted by Gasteiger charge is -2.17. The van der Waals surface area contributed by atoms with Crippen LogP contribution in [0.25, 0.3) is 133 Å². The molecule has 0 amide bonds. The molecule has 69 heavy (non-hydrogen) atoms. The molecule has 0 aliphatic heterocycles. The maximum Gasteiger partial charge on any atom is 0.164 e. The molecule has 322 valence electrons. The Morgan fingerprint density at radius 3 is 1.36 bits per heavy atom. The van der Waals surface area contributed by atoms with Crippen LogP contribution in [0, 0.1) is 0 Å². The van der Waals surface area contributed by atoms with E-state index in [1.807, 2.05) is 30.3 Å². The van der Waals surface area contributed by atoms with Crippen molar-refractivity contribution in [1.82, 2.24) is 24.1 Å². The first-order valence-electron chi connectivity index (χ1n) is 23.3. The molecule has 14 aromatic rings. The zero-order valence-electron chi connectivity index (χ0n) is 37.2. The average molecular weight is 882 g/mol. The lowest BCUT2D eigenvalue weighted by Crippen LogP contribution is -2.01. The van der Waals surface area contributed by atoms with Gasteiger partial charge in [-0.3, -0.25) is 0 Å². The highest BCUT2D eigenvalue weighted by molar-refractivity contribution is 6.11. The molecule has 0 fully saturated rings. The van der Waals surface area contributed by atoms with Gasteiger partial charge in [-0.05, 0) is 77.4 Å². The highest BCUT2D eigenvalue weighted by atomic mass is 16.3. The molecule has 0 atom stereocenters. The van der Waals surface area contributed by atoms with Gasteiger partial charge in [-0.25, -0.2) is 15.0 Å². The lowest BCUT2D eigenvalue weighted by atomic mass is 9.96. The van der Waals surface area contributed by atoms with Crippen LogP contribution in [-0.2, 0) is 0 Å². The molecule has 0 bridgehead atoms. The summed E-state index contributed by atoms with van der Waals surface area (Å²) in [5, 5.41) is 7.08. The largest absolute Gasteiger partial charge is 0.456 e. The summed E-state index contributed by atoms with van der Waals surface area (Å²) in [5.41, 5.74) is 15.7. The van der Waals surface area contributed by atoms with Crippen LogP contribution < -0.4 is 0 Å². The Kier molecular flexibility index (Phi) is 8.79. The summed E-state index contributed by atoms with van der Waals surface area (Å²) >= 11 is 0. The van der Waals surface area contributed by atoms with Gasteiger partial charge in [-0.2, -0.15) is 0 Å². The molecule has 4 heterocycles. The molecular formula is C63H39N5O. The average Bonchev–Trinajstić information content (AvgIpc) is 4.09. The Balaban J connectivity index is 0.907. The zero-order valence-corrected chi connectivity index (χ0v) is 37.2. The first kappa shape index (κ1) is 38.8. The van der Waals surface area contributed by atoms with Gasteiger partial charge in [0.25, 0.3) is 0 Å². The van der Waals surface area contributed by atoms with E-state index in [0.29, 0.717) is 17.5 Å². The Labute approximate surface area is 396 Å². The monoisotopic (exact) mass is 881 g/mol. The SMILES string of the molecule is c1ccc(-c2nc(-c3ccc(-c4ccc(-c5ccc6oc7ccccc7c6c5)cc4-n4c5ccccc5c5ccccc54)cc3)nc(-c3cccc(-n4c5ccccc5c5ccccc54)c3)n2)cc1. The van der Waals surface area contributed by atoms with Gasteiger partial charge in [0.2, 0.25) is 0 Å². The second-order valence-corrected chi connectivity index (χ2v) is 17.6. The zero-order chi connectivity index (χ0) is 45.4. The van der Waals surface area contributed by atoms with Crippen molar-refractivity contribution in [2.45, 2.75) is 0 Å². The van der Waals surface area contributed by atoms with Crippen molar-refractivity contribution >= 4 is 65.6 Å². The molecule has 0 saturated heterocycles. The number of para-hydroxylation sites is 5. The molecule has 0 spiro atoms. The van der Waals surface area contributed by atoms with E-state index in [-0.39, 0.29) is 0 Å². The standard InChI is InChI=1S/C63H39N5O/c1-2-15-41(16-3-1)61-64-62(66-63(65-61)45-17-14-18-46(37-45)67-54-24-9-4-19-48(54)49-20-5-10-25-55(49)67)42-31-29-40(30-32-42)47-35-33-44(43-34-36-60-53(38-43)52-23-8-13-28-59(52)69-60)39-58(47)68-56-26-11-6-21-50(56)51-22-7-12-27-57(51)68/h1-39H. The minimum atomic E-state index is 0.604. The van der Waals surface area contributed by atoms with Crippen LogP contribution in [-0.4, -0.2) is 24.1 Å². The fraction of sp³-hybridized carbons (Fsp3) is 0. The topological polar surface area (TPSA) is 61.7 Å². The molecule has 0 N–H and O–H groups in total. The molecule has 10 aromatic carbocycles. The van der Waals surface area contributed by atoms with Crippen molar-refractivity contribution in [3.8, 4) is 67.8 Å². The second-order valence-electron chi connectivity index (χ2n) is 17.6. The predicted molar refractivity (Wildman–Crippen MR) is 283 cm³/mol. The molecule has 0 aliphatic rings. The number of nitrogens with zero attached hydrogens (tertiary/aromatic N) is 5. The van der Waals surface area contributed by atoms with Gasteiger partial charge in [0, 0.05) is 60.3 Å². The number of rotatable bonds is 7. The van der Waals surface area contributed by atoms with Crippen LogP contribution in [0.3, 0.4) is 0 Å².